The average Bonchev–Trinajstić information content (AvgIpc) is 2.60. The molecule has 0 saturated heterocycles. The maximum atomic E-state index is 10.5. The van der Waals surface area contributed by atoms with Crippen LogP contribution in [0.2, 0.25) is 0 Å². The molecule has 0 aliphatic rings. The number of para-hydroxylation sites is 1. The fourth-order valence-corrected chi connectivity index (χ4v) is 2.59. The number of rotatable bonds is 7. The summed E-state index contributed by atoms with van der Waals surface area (Å²) in [5.41, 5.74) is 2.09. The van der Waals surface area contributed by atoms with E-state index in [1.807, 2.05) is 48.5 Å². The second-order valence-corrected chi connectivity index (χ2v) is 5.42. The van der Waals surface area contributed by atoms with Gasteiger partial charge in [0.1, 0.15) is 5.75 Å². The maximum Gasteiger partial charge on any atom is 0.211 e. The number of hydrogen-bond acceptors (Lipinski definition) is 2. The molecule has 0 aliphatic heterocycles. The maximum absolute atomic E-state index is 10.5. The lowest BCUT2D eigenvalue weighted by Crippen LogP contribution is -1.99. The van der Waals surface area contributed by atoms with Crippen LogP contribution in [0.5, 0.6) is 5.75 Å². The van der Waals surface area contributed by atoms with Gasteiger partial charge in [0.2, 0.25) is 6.41 Å². The van der Waals surface area contributed by atoms with Crippen molar-refractivity contribution < 1.29 is 9.53 Å². The third kappa shape index (κ3) is 4.10. The molecule has 3 aromatic carbocycles. The Morgan fingerprint density at radius 1 is 0.913 bits per heavy atom. The number of amides is 1. The molecule has 3 heteroatoms. The van der Waals surface area contributed by atoms with Crippen LogP contribution in [0.3, 0.4) is 0 Å². The Hall–Kier alpha value is -2.81. The van der Waals surface area contributed by atoms with Gasteiger partial charge >= 0.3 is 0 Å². The van der Waals surface area contributed by atoms with E-state index in [2.05, 4.69) is 23.5 Å². The van der Waals surface area contributed by atoms with Crippen LogP contribution < -0.4 is 10.1 Å². The Kier molecular flexibility index (Phi) is 4.89. The van der Waals surface area contributed by atoms with Crippen molar-refractivity contribution in [1.82, 2.24) is 0 Å². The minimum atomic E-state index is 0.700. The lowest BCUT2D eigenvalue weighted by Gasteiger charge is -2.07. The SMILES string of the molecule is O=CNc1ccc2ccc(CCCOc3ccccc3)cc2c1. The quantitative estimate of drug-likeness (QED) is 0.518. The zero-order valence-electron chi connectivity index (χ0n) is 12.9. The van der Waals surface area contributed by atoms with Gasteiger partial charge < -0.3 is 10.1 Å². The largest absolute Gasteiger partial charge is 0.494 e. The lowest BCUT2D eigenvalue weighted by molar-refractivity contribution is -0.105. The summed E-state index contributed by atoms with van der Waals surface area (Å²) in [5.74, 6) is 0.913. The molecule has 0 unspecified atom stereocenters. The number of anilines is 1. The minimum absolute atomic E-state index is 0.700. The van der Waals surface area contributed by atoms with E-state index in [1.165, 1.54) is 10.9 Å². The normalized spacial score (nSPS) is 10.4. The first-order valence-corrected chi connectivity index (χ1v) is 7.76. The Morgan fingerprint density at radius 2 is 1.74 bits per heavy atom. The molecule has 3 nitrogen and oxygen atoms in total. The van der Waals surface area contributed by atoms with Crippen LogP contribution in [0.4, 0.5) is 5.69 Å². The molecule has 0 aromatic heterocycles. The van der Waals surface area contributed by atoms with Crippen molar-refractivity contribution in [2.24, 2.45) is 0 Å². The molecule has 116 valence electrons. The summed E-state index contributed by atoms with van der Waals surface area (Å²) in [7, 11) is 0. The predicted molar refractivity (Wildman–Crippen MR) is 93.9 cm³/mol. The molecule has 0 atom stereocenters. The number of fused-ring (bicyclic) bond motifs is 1. The van der Waals surface area contributed by atoms with Crippen molar-refractivity contribution in [2.75, 3.05) is 11.9 Å². The summed E-state index contributed by atoms with van der Waals surface area (Å²) in [6.07, 6.45) is 2.63. The number of nitrogens with one attached hydrogen (secondary N) is 1. The number of benzene rings is 3. The Balaban J connectivity index is 1.60. The van der Waals surface area contributed by atoms with Crippen LogP contribution in [0.15, 0.2) is 66.7 Å². The molecule has 0 spiro atoms. The monoisotopic (exact) mass is 305 g/mol. The highest BCUT2D eigenvalue weighted by molar-refractivity contribution is 5.88. The van der Waals surface area contributed by atoms with Crippen molar-refractivity contribution in [1.29, 1.82) is 0 Å². The van der Waals surface area contributed by atoms with Crippen molar-refractivity contribution in [3.63, 3.8) is 0 Å². The van der Waals surface area contributed by atoms with Gasteiger partial charge in [-0.3, -0.25) is 4.79 Å². The summed E-state index contributed by atoms with van der Waals surface area (Å²) in [6, 6.07) is 22.2. The highest BCUT2D eigenvalue weighted by Gasteiger charge is 2.00. The highest BCUT2D eigenvalue weighted by Crippen LogP contribution is 2.21. The molecule has 0 fully saturated rings. The van der Waals surface area contributed by atoms with Crippen LogP contribution in [0.25, 0.3) is 10.8 Å². The molecule has 0 aliphatic carbocycles. The van der Waals surface area contributed by atoms with Gasteiger partial charge in [-0.25, -0.2) is 0 Å². The van der Waals surface area contributed by atoms with Gasteiger partial charge in [-0.2, -0.15) is 0 Å². The molecule has 0 bridgehead atoms. The zero-order chi connectivity index (χ0) is 15.9. The van der Waals surface area contributed by atoms with Crippen molar-refractivity contribution in [2.45, 2.75) is 12.8 Å². The van der Waals surface area contributed by atoms with Gasteiger partial charge in [0.15, 0.2) is 0 Å². The molecule has 23 heavy (non-hydrogen) atoms. The van der Waals surface area contributed by atoms with Crippen LogP contribution >= 0.6 is 0 Å². The van der Waals surface area contributed by atoms with Gasteiger partial charge in [0, 0.05) is 5.69 Å². The topological polar surface area (TPSA) is 38.3 Å². The molecular weight excluding hydrogens is 286 g/mol. The summed E-state index contributed by atoms with van der Waals surface area (Å²) in [4.78, 5) is 10.5. The third-order valence-electron chi connectivity index (χ3n) is 3.75. The lowest BCUT2D eigenvalue weighted by atomic mass is 10.0. The van der Waals surface area contributed by atoms with E-state index >= 15 is 0 Å². The van der Waals surface area contributed by atoms with Crippen LogP contribution in [-0.4, -0.2) is 13.0 Å². The molecular formula is C20H19NO2. The fraction of sp³-hybridized carbons (Fsp3) is 0.150. The smallest absolute Gasteiger partial charge is 0.211 e. The van der Waals surface area contributed by atoms with Crippen LogP contribution in [0, 0.1) is 0 Å². The first-order chi connectivity index (χ1) is 11.3. The summed E-state index contributed by atoms with van der Waals surface area (Å²) < 4.78 is 5.72. The van der Waals surface area contributed by atoms with Crippen molar-refractivity contribution in [3.8, 4) is 5.75 Å². The summed E-state index contributed by atoms with van der Waals surface area (Å²) in [5, 5.41) is 5.00. The van der Waals surface area contributed by atoms with E-state index < -0.39 is 0 Å². The molecule has 1 N–H and O–H groups in total. The number of carbonyl (C=O) groups is 1. The Bertz CT molecular complexity index is 784. The molecule has 3 aromatic rings. The van der Waals surface area contributed by atoms with E-state index in [1.54, 1.807) is 0 Å². The van der Waals surface area contributed by atoms with E-state index in [4.69, 9.17) is 4.74 Å². The Morgan fingerprint density at radius 3 is 2.57 bits per heavy atom. The standard InChI is InChI=1S/C20H19NO2/c22-15-21-19-11-10-17-9-8-16(13-18(17)14-19)5-4-12-23-20-6-2-1-3-7-20/h1-3,6-11,13-15H,4-5,12H2,(H,21,22). The van der Waals surface area contributed by atoms with Gasteiger partial charge in [-0.15, -0.1) is 0 Å². The molecule has 1 amide bonds. The second kappa shape index (κ2) is 7.45. The fourth-order valence-electron chi connectivity index (χ4n) is 2.59. The first-order valence-electron chi connectivity index (χ1n) is 7.76. The van der Waals surface area contributed by atoms with Crippen molar-refractivity contribution in [3.05, 3.63) is 72.3 Å². The average molecular weight is 305 g/mol. The first kappa shape index (κ1) is 15.1. The Labute approximate surface area is 135 Å². The minimum Gasteiger partial charge on any atom is -0.494 e. The van der Waals surface area contributed by atoms with Crippen molar-refractivity contribution >= 4 is 22.9 Å². The number of ether oxygens (including phenoxy) is 1. The van der Waals surface area contributed by atoms with Gasteiger partial charge in [-0.1, -0.05) is 42.5 Å². The summed E-state index contributed by atoms with van der Waals surface area (Å²) >= 11 is 0. The predicted octanol–water partition coefficient (Wildman–Crippen LogP) is 4.42. The second-order valence-electron chi connectivity index (χ2n) is 5.42. The van der Waals surface area contributed by atoms with E-state index in [0.29, 0.717) is 13.0 Å². The molecule has 3 rings (SSSR count). The number of carbonyl (C=O) groups excluding carboxylic acids is 1. The molecule has 0 heterocycles. The van der Waals surface area contributed by atoms with Gasteiger partial charge in [0.25, 0.3) is 0 Å². The molecule has 0 saturated carbocycles. The van der Waals surface area contributed by atoms with Gasteiger partial charge in [-0.05, 0) is 53.4 Å². The highest BCUT2D eigenvalue weighted by atomic mass is 16.5. The summed E-state index contributed by atoms with van der Waals surface area (Å²) in [6.45, 7) is 0.703. The molecule has 0 radical (unpaired) electrons. The number of aryl methyl sites for hydroxylation is 1. The van der Waals surface area contributed by atoms with E-state index in [9.17, 15) is 4.79 Å². The third-order valence-corrected chi connectivity index (χ3v) is 3.75. The van der Waals surface area contributed by atoms with E-state index in [-0.39, 0.29) is 0 Å². The van der Waals surface area contributed by atoms with E-state index in [0.717, 1.165) is 29.7 Å². The zero-order valence-corrected chi connectivity index (χ0v) is 12.9. The van der Waals surface area contributed by atoms with Crippen LogP contribution in [-0.2, 0) is 11.2 Å². The van der Waals surface area contributed by atoms with Gasteiger partial charge in [0.05, 0.1) is 6.61 Å². The van der Waals surface area contributed by atoms with Crippen LogP contribution in [0.1, 0.15) is 12.0 Å². The number of hydrogen-bond donors (Lipinski definition) is 1.